The van der Waals surface area contributed by atoms with E-state index in [1.165, 1.54) is 0 Å². The molecule has 12 heteroatoms. The summed E-state index contributed by atoms with van der Waals surface area (Å²) in [5.74, 6) is -0.552. The van der Waals surface area contributed by atoms with Crippen molar-refractivity contribution in [3.63, 3.8) is 0 Å². The molecule has 2 unspecified atom stereocenters. The summed E-state index contributed by atoms with van der Waals surface area (Å²) >= 11 is 0. The van der Waals surface area contributed by atoms with E-state index in [1.807, 2.05) is 78.9 Å². The highest BCUT2D eigenvalue weighted by molar-refractivity contribution is 5.92. The summed E-state index contributed by atoms with van der Waals surface area (Å²) in [5, 5.41) is 13.4. The molecule has 276 valence electrons. The molecule has 0 aromatic heterocycles. The normalized spacial score (nSPS) is 21.6. The largest absolute Gasteiger partial charge is 0.507 e. The number of benzene rings is 2. The number of ether oxygens (including phenoxy) is 1. The molecule has 2 N–H and O–H groups in total. The SMILES string of the molecule is CCOC(=O)C1CN(C)CCN1C1CCN(C(=O)C(CC(=O)N2CCC(N3Cc4ccccc4NC3=O)CC2)Cc2cc(C)c(O)c(C)c2)CC1. The van der Waals surface area contributed by atoms with Crippen LogP contribution in [0.5, 0.6) is 5.75 Å². The van der Waals surface area contributed by atoms with Crippen molar-refractivity contribution in [2.75, 3.05) is 64.8 Å². The molecule has 4 amide bonds. The number of piperazine rings is 1. The van der Waals surface area contributed by atoms with Crippen molar-refractivity contribution in [2.45, 2.75) is 84.0 Å². The molecule has 51 heavy (non-hydrogen) atoms. The van der Waals surface area contributed by atoms with Crippen LogP contribution in [0.1, 0.15) is 61.3 Å². The van der Waals surface area contributed by atoms with Gasteiger partial charge in [-0.2, -0.15) is 0 Å². The van der Waals surface area contributed by atoms with Gasteiger partial charge in [0.15, 0.2) is 0 Å². The number of amides is 4. The van der Waals surface area contributed by atoms with Crippen molar-refractivity contribution in [1.82, 2.24) is 24.5 Å². The van der Waals surface area contributed by atoms with Crippen LogP contribution in [0, 0.1) is 19.8 Å². The molecule has 12 nitrogen and oxygen atoms in total. The predicted octanol–water partition coefficient (Wildman–Crippen LogP) is 3.77. The minimum absolute atomic E-state index is 0.0240. The van der Waals surface area contributed by atoms with E-state index >= 15 is 0 Å². The van der Waals surface area contributed by atoms with Gasteiger partial charge in [-0.25, -0.2) is 4.79 Å². The average molecular weight is 703 g/mol. The number of aromatic hydroxyl groups is 1. The van der Waals surface area contributed by atoms with Gasteiger partial charge in [-0.3, -0.25) is 19.3 Å². The molecule has 0 saturated carbocycles. The number of nitrogens with one attached hydrogen (secondary N) is 1. The quantitative estimate of drug-likeness (QED) is 0.379. The second-order valence-electron chi connectivity index (χ2n) is 14.8. The Kier molecular flexibility index (Phi) is 11.5. The van der Waals surface area contributed by atoms with E-state index in [0.29, 0.717) is 65.1 Å². The number of nitrogens with zero attached hydrogens (tertiary/aromatic N) is 5. The number of para-hydroxylation sites is 1. The standard InChI is InChI=1S/C39H54N6O6/c1-5-51-38(49)34-25-41(4)18-19-44(34)31-12-16-43(17-13-31)37(48)30(22-28-20-26(2)36(47)27(3)21-28)23-35(46)42-14-10-32(11-15-42)45-24-29-8-6-7-9-33(29)40-39(45)50/h6-9,20-21,30-32,34,47H,5,10-19,22-25H2,1-4H3,(H,40,50). The first-order valence-electron chi connectivity index (χ1n) is 18.6. The number of hydrogen-bond acceptors (Lipinski definition) is 8. The van der Waals surface area contributed by atoms with Crippen LogP contribution in [-0.2, 0) is 32.1 Å². The number of rotatable bonds is 9. The van der Waals surface area contributed by atoms with Crippen molar-refractivity contribution in [3.8, 4) is 5.75 Å². The van der Waals surface area contributed by atoms with E-state index < -0.39 is 5.92 Å². The number of aryl methyl sites for hydroxylation is 2. The highest BCUT2D eigenvalue weighted by atomic mass is 16.5. The highest BCUT2D eigenvalue weighted by Gasteiger charge is 2.40. The molecule has 2 aromatic carbocycles. The number of anilines is 1. The Morgan fingerprint density at radius 2 is 1.57 bits per heavy atom. The Labute approximate surface area is 301 Å². The fourth-order valence-corrected chi connectivity index (χ4v) is 8.47. The lowest BCUT2D eigenvalue weighted by Crippen LogP contribution is -2.61. The molecule has 2 aromatic rings. The minimum atomic E-state index is -0.546. The fourth-order valence-electron chi connectivity index (χ4n) is 8.47. The topological polar surface area (TPSA) is 126 Å². The molecule has 2 atom stereocenters. The molecule has 4 heterocycles. The lowest BCUT2D eigenvalue weighted by molar-refractivity contribution is -0.154. The lowest BCUT2D eigenvalue weighted by Gasteiger charge is -2.46. The summed E-state index contributed by atoms with van der Waals surface area (Å²) in [6, 6.07) is 11.5. The number of carbonyl (C=O) groups excluding carboxylic acids is 4. The average Bonchev–Trinajstić information content (AvgIpc) is 3.13. The van der Waals surface area contributed by atoms with E-state index in [9.17, 15) is 24.3 Å². The van der Waals surface area contributed by atoms with E-state index in [1.54, 1.807) is 0 Å². The summed E-state index contributed by atoms with van der Waals surface area (Å²) in [6.07, 6.45) is 3.38. The summed E-state index contributed by atoms with van der Waals surface area (Å²) in [5.41, 5.74) is 4.36. The molecule has 6 rings (SSSR count). The number of fused-ring (bicyclic) bond motifs is 1. The number of piperidine rings is 2. The number of likely N-dealkylation sites (N-methyl/N-ethyl adjacent to an activating group) is 1. The molecule has 0 spiro atoms. The minimum Gasteiger partial charge on any atom is -0.507 e. The maximum absolute atomic E-state index is 14.3. The Hall–Kier alpha value is -4.16. The second kappa shape index (κ2) is 16.0. The van der Waals surface area contributed by atoms with Crippen LogP contribution in [0.2, 0.25) is 0 Å². The first kappa shape index (κ1) is 36.6. The number of carbonyl (C=O) groups is 4. The Morgan fingerprint density at radius 1 is 0.922 bits per heavy atom. The van der Waals surface area contributed by atoms with Crippen LogP contribution in [0.4, 0.5) is 10.5 Å². The van der Waals surface area contributed by atoms with Crippen LogP contribution in [0.15, 0.2) is 36.4 Å². The maximum Gasteiger partial charge on any atom is 0.324 e. The number of esters is 1. The third-order valence-corrected chi connectivity index (χ3v) is 11.4. The van der Waals surface area contributed by atoms with Crippen LogP contribution in [0.25, 0.3) is 0 Å². The number of likely N-dealkylation sites (tertiary alicyclic amines) is 2. The van der Waals surface area contributed by atoms with Crippen LogP contribution in [-0.4, -0.2) is 131 Å². The van der Waals surface area contributed by atoms with Crippen LogP contribution in [0.3, 0.4) is 0 Å². The smallest absolute Gasteiger partial charge is 0.324 e. The second-order valence-corrected chi connectivity index (χ2v) is 14.8. The summed E-state index contributed by atoms with van der Waals surface area (Å²) < 4.78 is 5.42. The van der Waals surface area contributed by atoms with Crippen molar-refractivity contribution in [1.29, 1.82) is 0 Å². The van der Waals surface area contributed by atoms with Crippen molar-refractivity contribution < 1.29 is 29.0 Å². The zero-order chi connectivity index (χ0) is 36.2. The van der Waals surface area contributed by atoms with Gasteiger partial charge in [-0.05, 0) is 88.2 Å². The van der Waals surface area contributed by atoms with E-state index in [-0.39, 0.29) is 54.1 Å². The molecule has 0 aliphatic carbocycles. The molecule has 0 radical (unpaired) electrons. The maximum atomic E-state index is 14.3. The van der Waals surface area contributed by atoms with Gasteiger partial charge >= 0.3 is 12.0 Å². The van der Waals surface area contributed by atoms with Gasteiger partial charge < -0.3 is 34.8 Å². The zero-order valence-electron chi connectivity index (χ0n) is 30.6. The van der Waals surface area contributed by atoms with Crippen LogP contribution < -0.4 is 5.32 Å². The van der Waals surface area contributed by atoms with Gasteiger partial charge in [0.2, 0.25) is 11.8 Å². The van der Waals surface area contributed by atoms with Gasteiger partial charge in [-0.15, -0.1) is 0 Å². The zero-order valence-corrected chi connectivity index (χ0v) is 30.6. The third kappa shape index (κ3) is 8.33. The lowest BCUT2D eigenvalue weighted by atomic mass is 9.90. The van der Waals surface area contributed by atoms with Gasteiger partial charge in [0.1, 0.15) is 11.8 Å². The Morgan fingerprint density at radius 3 is 2.25 bits per heavy atom. The molecule has 0 bridgehead atoms. The molecular formula is C39H54N6O6. The van der Waals surface area contributed by atoms with Gasteiger partial charge in [-0.1, -0.05) is 30.3 Å². The number of phenols is 1. The summed E-state index contributed by atoms with van der Waals surface area (Å²) in [4.78, 5) is 64.1. The Bertz CT molecular complexity index is 1580. The monoisotopic (exact) mass is 702 g/mol. The molecule has 3 fully saturated rings. The first-order valence-corrected chi connectivity index (χ1v) is 18.6. The van der Waals surface area contributed by atoms with Crippen molar-refractivity contribution >= 4 is 29.5 Å². The number of hydrogen-bond donors (Lipinski definition) is 2. The molecule has 4 aliphatic rings. The molecular weight excluding hydrogens is 648 g/mol. The first-order chi connectivity index (χ1) is 24.5. The number of urea groups is 1. The Balaban J connectivity index is 1.10. The van der Waals surface area contributed by atoms with Crippen LogP contribution >= 0.6 is 0 Å². The predicted molar refractivity (Wildman–Crippen MR) is 194 cm³/mol. The highest BCUT2D eigenvalue weighted by Crippen LogP contribution is 2.30. The van der Waals surface area contributed by atoms with Crippen molar-refractivity contribution in [3.05, 3.63) is 58.7 Å². The summed E-state index contributed by atoms with van der Waals surface area (Å²) in [6.45, 7) is 10.9. The van der Waals surface area contributed by atoms with Gasteiger partial charge in [0.25, 0.3) is 0 Å². The van der Waals surface area contributed by atoms with Crippen molar-refractivity contribution in [2.24, 2.45) is 5.92 Å². The third-order valence-electron chi connectivity index (χ3n) is 11.4. The summed E-state index contributed by atoms with van der Waals surface area (Å²) in [7, 11) is 2.03. The molecule has 4 aliphatic heterocycles. The van der Waals surface area contributed by atoms with E-state index in [4.69, 9.17) is 4.74 Å². The fraction of sp³-hybridized carbons (Fsp3) is 0.590. The van der Waals surface area contributed by atoms with E-state index in [0.717, 1.165) is 53.9 Å². The number of phenolic OH excluding ortho intramolecular Hbond substituents is 1. The van der Waals surface area contributed by atoms with Gasteiger partial charge in [0, 0.05) is 76.5 Å². The molecule has 3 saturated heterocycles. The van der Waals surface area contributed by atoms with Gasteiger partial charge in [0.05, 0.1) is 12.5 Å². The van der Waals surface area contributed by atoms with E-state index in [2.05, 4.69) is 15.1 Å².